The van der Waals surface area contributed by atoms with Gasteiger partial charge in [-0.15, -0.1) is 0 Å². The standard InChI is InChI=1S/C15H14BrNO4/c1-9-7-11(16)8-13(17(19)20)15(9)21-14-6-4-3-5-12(14)10(2)18/h3-8,10,18H,1-2H3/t10-/m1/s1. The highest BCUT2D eigenvalue weighted by Crippen LogP contribution is 2.39. The molecule has 1 N–H and O–H groups in total. The van der Waals surface area contributed by atoms with Gasteiger partial charge in [0.25, 0.3) is 0 Å². The van der Waals surface area contributed by atoms with Gasteiger partial charge in [0, 0.05) is 16.1 Å². The van der Waals surface area contributed by atoms with Crippen molar-refractivity contribution in [2.45, 2.75) is 20.0 Å². The van der Waals surface area contributed by atoms with Crippen LogP contribution in [0.5, 0.6) is 11.5 Å². The largest absolute Gasteiger partial charge is 0.449 e. The molecule has 2 rings (SSSR count). The summed E-state index contributed by atoms with van der Waals surface area (Å²) in [6.45, 7) is 3.35. The second kappa shape index (κ2) is 6.24. The Kier molecular flexibility index (Phi) is 4.59. The van der Waals surface area contributed by atoms with Gasteiger partial charge in [-0.3, -0.25) is 10.1 Å². The number of rotatable bonds is 4. The van der Waals surface area contributed by atoms with Crippen LogP contribution in [-0.4, -0.2) is 10.0 Å². The molecule has 2 aromatic rings. The first-order chi connectivity index (χ1) is 9.90. The summed E-state index contributed by atoms with van der Waals surface area (Å²) in [6, 6.07) is 10.1. The van der Waals surface area contributed by atoms with Crippen LogP contribution in [0.3, 0.4) is 0 Å². The number of hydrogen-bond donors (Lipinski definition) is 1. The number of ether oxygens (including phenoxy) is 1. The highest BCUT2D eigenvalue weighted by Gasteiger charge is 2.21. The average Bonchev–Trinajstić information content (AvgIpc) is 2.41. The minimum Gasteiger partial charge on any atom is -0.449 e. The lowest BCUT2D eigenvalue weighted by molar-refractivity contribution is -0.385. The van der Waals surface area contributed by atoms with Crippen LogP contribution < -0.4 is 4.74 Å². The Morgan fingerprint density at radius 2 is 2.00 bits per heavy atom. The van der Waals surface area contributed by atoms with Gasteiger partial charge in [-0.25, -0.2) is 0 Å². The molecule has 0 aliphatic heterocycles. The van der Waals surface area contributed by atoms with Crippen molar-refractivity contribution in [3.8, 4) is 11.5 Å². The quantitative estimate of drug-likeness (QED) is 0.649. The molecule has 0 fully saturated rings. The van der Waals surface area contributed by atoms with E-state index in [1.165, 1.54) is 6.07 Å². The summed E-state index contributed by atoms with van der Waals surface area (Å²) in [5.74, 6) is 0.581. The fourth-order valence-corrected chi connectivity index (χ4v) is 2.57. The van der Waals surface area contributed by atoms with E-state index in [1.54, 1.807) is 44.2 Å². The maximum absolute atomic E-state index is 11.2. The molecule has 0 amide bonds. The molecule has 6 heteroatoms. The van der Waals surface area contributed by atoms with Crippen molar-refractivity contribution in [1.29, 1.82) is 0 Å². The van der Waals surface area contributed by atoms with Crippen LogP contribution in [0.2, 0.25) is 0 Å². The number of para-hydroxylation sites is 1. The molecule has 0 saturated carbocycles. The number of aliphatic hydroxyl groups is 1. The summed E-state index contributed by atoms with van der Waals surface area (Å²) < 4.78 is 6.34. The predicted molar refractivity (Wildman–Crippen MR) is 82.7 cm³/mol. The number of benzene rings is 2. The lowest BCUT2D eigenvalue weighted by Gasteiger charge is -2.14. The van der Waals surface area contributed by atoms with Gasteiger partial charge in [0.1, 0.15) is 5.75 Å². The van der Waals surface area contributed by atoms with Crippen LogP contribution in [0.15, 0.2) is 40.9 Å². The third-order valence-corrected chi connectivity index (χ3v) is 3.46. The Balaban J connectivity index is 2.52. The van der Waals surface area contributed by atoms with Crippen LogP contribution in [-0.2, 0) is 0 Å². The Bertz CT molecular complexity index is 685. The smallest absolute Gasteiger partial charge is 0.312 e. The first kappa shape index (κ1) is 15.5. The van der Waals surface area contributed by atoms with E-state index < -0.39 is 11.0 Å². The maximum atomic E-state index is 11.2. The number of halogens is 1. The summed E-state index contributed by atoms with van der Waals surface area (Å²) in [5, 5.41) is 20.9. The van der Waals surface area contributed by atoms with Crippen molar-refractivity contribution >= 4 is 21.6 Å². The second-order valence-corrected chi connectivity index (χ2v) is 5.56. The molecule has 0 aliphatic carbocycles. The minimum atomic E-state index is -0.726. The van der Waals surface area contributed by atoms with Crippen LogP contribution in [0.25, 0.3) is 0 Å². The van der Waals surface area contributed by atoms with Gasteiger partial charge in [0.15, 0.2) is 0 Å². The minimum absolute atomic E-state index is 0.123. The predicted octanol–water partition coefficient (Wildman–Crippen LogP) is 4.51. The molecule has 0 saturated heterocycles. The van der Waals surface area contributed by atoms with Crippen molar-refractivity contribution in [3.63, 3.8) is 0 Å². The Morgan fingerprint density at radius 1 is 1.33 bits per heavy atom. The van der Waals surface area contributed by atoms with Gasteiger partial charge in [-0.05, 0) is 31.5 Å². The molecule has 0 radical (unpaired) electrons. The van der Waals surface area contributed by atoms with Gasteiger partial charge in [0.05, 0.1) is 11.0 Å². The van der Waals surface area contributed by atoms with Gasteiger partial charge in [0.2, 0.25) is 5.75 Å². The first-order valence-electron chi connectivity index (χ1n) is 6.29. The molecule has 110 valence electrons. The number of aliphatic hydroxyl groups excluding tert-OH is 1. The zero-order chi connectivity index (χ0) is 15.6. The van der Waals surface area contributed by atoms with Crippen molar-refractivity contribution in [1.82, 2.24) is 0 Å². The molecule has 0 heterocycles. The maximum Gasteiger partial charge on any atom is 0.312 e. The normalized spacial score (nSPS) is 12.0. The fraction of sp³-hybridized carbons (Fsp3) is 0.200. The highest BCUT2D eigenvalue weighted by atomic mass is 79.9. The third kappa shape index (κ3) is 3.40. The van der Waals surface area contributed by atoms with Crippen LogP contribution in [0.1, 0.15) is 24.2 Å². The lowest BCUT2D eigenvalue weighted by Crippen LogP contribution is -2.00. The van der Waals surface area contributed by atoms with Gasteiger partial charge in [-0.2, -0.15) is 0 Å². The molecule has 0 unspecified atom stereocenters. The van der Waals surface area contributed by atoms with Crippen LogP contribution in [0.4, 0.5) is 5.69 Å². The summed E-state index contributed by atoms with van der Waals surface area (Å²) in [7, 11) is 0. The van der Waals surface area contributed by atoms with E-state index in [-0.39, 0.29) is 11.4 Å². The number of nitro benzene ring substituents is 1. The zero-order valence-electron chi connectivity index (χ0n) is 11.5. The van der Waals surface area contributed by atoms with Crippen molar-refractivity contribution in [2.75, 3.05) is 0 Å². The van der Waals surface area contributed by atoms with Crippen molar-refractivity contribution in [3.05, 3.63) is 62.1 Å². The Morgan fingerprint density at radius 3 is 2.62 bits per heavy atom. The summed E-state index contributed by atoms with van der Waals surface area (Å²) in [6.07, 6.45) is -0.726. The molecule has 21 heavy (non-hydrogen) atoms. The van der Waals surface area contributed by atoms with Gasteiger partial charge >= 0.3 is 5.69 Å². The van der Waals surface area contributed by atoms with Gasteiger partial charge in [-0.1, -0.05) is 34.1 Å². The average molecular weight is 352 g/mol. The van der Waals surface area contributed by atoms with E-state index in [2.05, 4.69) is 15.9 Å². The Labute approximate surface area is 130 Å². The van der Waals surface area contributed by atoms with E-state index in [9.17, 15) is 15.2 Å². The molecule has 2 aromatic carbocycles. The summed E-state index contributed by atoms with van der Waals surface area (Å²) >= 11 is 3.24. The topological polar surface area (TPSA) is 72.6 Å². The van der Waals surface area contributed by atoms with Crippen LogP contribution >= 0.6 is 15.9 Å². The van der Waals surface area contributed by atoms with E-state index in [4.69, 9.17) is 4.74 Å². The summed E-state index contributed by atoms with van der Waals surface area (Å²) in [4.78, 5) is 10.7. The number of nitrogens with zero attached hydrogens (tertiary/aromatic N) is 1. The molecular formula is C15H14BrNO4. The monoisotopic (exact) mass is 351 g/mol. The van der Waals surface area contributed by atoms with Crippen molar-refractivity contribution < 1.29 is 14.8 Å². The van der Waals surface area contributed by atoms with E-state index in [1.807, 2.05) is 0 Å². The lowest BCUT2D eigenvalue weighted by atomic mass is 10.1. The number of hydrogen-bond acceptors (Lipinski definition) is 4. The zero-order valence-corrected chi connectivity index (χ0v) is 13.1. The van der Waals surface area contributed by atoms with Crippen molar-refractivity contribution in [2.24, 2.45) is 0 Å². The van der Waals surface area contributed by atoms with Gasteiger partial charge < -0.3 is 9.84 Å². The molecule has 0 spiro atoms. The first-order valence-corrected chi connectivity index (χ1v) is 7.09. The second-order valence-electron chi connectivity index (χ2n) is 4.64. The Hall–Kier alpha value is -1.92. The third-order valence-electron chi connectivity index (χ3n) is 3.00. The molecule has 0 bridgehead atoms. The molecular weight excluding hydrogens is 338 g/mol. The summed E-state index contributed by atoms with van der Waals surface area (Å²) in [5.41, 5.74) is 1.09. The van der Waals surface area contributed by atoms with Crippen LogP contribution in [0, 0.1) is 17.0 Å². The number of nitro groups is 1. The van der Waals surface area contributed by atoms with E-state index in [0.717, 1.165) is 0 Å². The SMILES string of the molecule is Cc1cc(Br)cc([N+](=O)[O-])c1Oc1ccccc1[C@@H](C)O. The molecule has 5 nitrogen and oxygen atoms in total. The van der Waals surface area contributed by atoms with E-state index >= 15 is 0 Å². The molecule has 1 atom stereocenters. The number of aryl methyl sites for hydroxylation is 1. The molecule has 0 aromatic heterocycles. The molecule has 0 aliphatic rings. The fourth-order valence-electron chi connectivity index (χ4n) is 2.01. The van der Waals surface area contributed by atoms with E-state index in [0.29, 0.717) is 21.3 Å². The highest BCUT2D eigenvalue weighted by molar-refractivity contribution is 9.10.